The Hall–Kier alpha value is -2.62. The first kappa shape index (κ1) is 10.5. The average Bonchev–Trinajstić information content (AvgIpc) is 2.78. The standard InChI is InChI=1S/C14H8N2O2/c17-13(9-4-2-1-3-5-9)10-6-7-11-12(8-10)16-14(18)15-11/h1-8H. The molecule has 2 amide bonds. The Balaban J connectivity index is 2.09. The van der Waals surface area contributed by atoms with E-state index in [0.29, 0.717) is 21.8 Å². The van der Waals surface area contributed by atoms with Crippen LogP contribution in [0.25, 0.3) is 0 Å². The maximum absolute atomic E-state index is 12.2. The minimum absolute atomic E-state index is 0.0899. The van der Waals surface area contributed by atoms with Gasteiger partial charge in [-0.3, -0.25) is 4.79 Å². The average molecular weight is 236 g/mol. The fourth-order valence-corrected chi connectivity index (χ4v) is 1.84. The van der Waals surface area contributed by atoms with Crippen molar-refractivity contribution in [2.45, 2.75) is 0 Å². The van der Waals surface area contributed by atoms with Gasteiger partial charge in [0, 0.05) is 11.1 Å². The topological polar surface area (TPSA) is 58.9 Å². The molecule has 0 spiro atoms. The van der Waals surface area contributed by atoms with Crippen molar-refractivity contribution in [2.75, 3.05) is 0 Å². The number of amides is 2. The van der Waals surface area contributed by atoms with Gasteiger partial charge in [0.25, 0.3) is 0 Å². The van der Waals surface area contributed by atoms with Crippen LogP contribution in [0.5, 0.6) is 0 Å². The van der Waals surface area contributed by atoms with Crippen molar-refractivity contribution in [3.8, 4) is 0 Å². The lowest BCUT2D eigenvalue weighted by atomic mass is 10.0. The van der Waals surface area contributed by atoms with Gasteiger partial charge < -0.3 is 0 Å². The number of nitrogens with zero attached hydrogens (tertiary/aromatic N) is 2. The van der Waals surface area contributed by atoms with Gasteiger partial charge in [0.05, 0.1) is 10.7 Å². The minimum Gasteiger partial charge on any atom is -0.289 e. The number of hydrogen-bond donors (Lipinski definition) is 0. The summed E-state index contributed by atoms with van der Waals surface area (Å²) in [4.78, 5) is 30.6. The maximum atomic E-state index is 12.2. The van der Waals surface area contributed by atoms with E-state index in [1.165, 1.54) is 0 Å². The van der Waals surface area contributed by atoms with Crippen LogP contribution >= 0.6 is 0 Å². The fraction of sp³-hybridized carbons (Fsp3) is 0. The van der Waals surface area contributed by atoms with Crippen LogP contribution in [0.1, 0.15) is 15.9 Å². The van der Waals surface area contributed by atoms with Gasteiger partial charge in [0.15, 0.2) is 5.78 Å². The van der Waals surface area contributed by atoms with E-state index in [1.54, 1.807) is 30.3 Å². The Kier molecular flexibility index (Phi) is 2.34. The third-order valence-electron chi connectivity index (χ3n) is 2.71. The smallest absolute Gasteiger partial charge is 0.289 e. The van der Waals surface area contributed by atoms with E-state index in [-0.39, 0.29) is 5.78 Å². The highest BCUT2D eigenvalue weighted by Gasteiger charge is 2.11. The molecule has 0 unspecified atom stereocenters. The Morgan fingerprint density at radius 3 is 2.33 bits per heavy atom. The van der Waals surface area contributed by atoms with Crippen LogP contribution in [0.4, 0.5) is 4.79 Å². The summed E-state index contributed by atoms with van der Waals surface area (Å²) in [5, 5.41) is 0.978. The summed E-state index contributed by atoms with van der Waals surface area (Å²) < 4.78 is 0. The minimum atomic E-state index is -0.519. The third kappa shape index (κ3) is 1.73. The maximum Gasteiger partial charge on any atom is 0.368 e. The molecule has 4 nitrogen and oxygen atoms in total. The van der Waals surface area contributed by atoms with Gasteiger partial charge in [-0.25, -0.2) is 4.79 Å². The number of benzene rings is 2. The van der Waals surface area contributed by atoms with Crippen LogP contribution in [-0.2, 0) is 0 Å². The predicted octanol–water partition coefficient (Wildman–Crippen LogP) is 1.29. The lowest BCUT2D eigenvalue weighted by molar-refractivity contribution is 0.103. The summed E-state index contributed by atoms with van der Waals surface area (Å²) in [7, 11) is 0. The van der Waals surface area contributed by atoms with Crippen molar-refractivity contribution in [2.24, 2.45) is 9.98 Å². The highest BCUT2D eigenvalue weighted by Crippen LogP contribution is 2.07. The molecule has 0 radical (unpaired) electrons. The first-order valence-electron chi connectivity index (χ1n) is 5.45. The first-order valence-corrected chi connectivity index (χ1v) is 5.45. The molecule has 0 N–H and O–H groups in total. The molecule has 0 fully saturated rings. The number of carbonyl (C=O) groups excluding carboxylic acids is 2. The van der Waals surface area contributed by atoms with Crippen LogP contribution in [0.3, 0.4) is 0 Å². The fourth-order valence-electron chi connectivity index (χ4n) is 1.84. The molecule has 2 aromatic carbocycles. The van der Waals surface area contributed by atoms with Crippen molar-refractivity contribution >= 4 is 11.8 Å². The number of rotatable bonds is 2. The van der Waals surface area contributed by atoms with E-state index >= 15 is 0 Å². The zero-order valence-electron chi connectivity index (χ0n) is 9.33. The molecule has 86 valence electrons. The van der Waals surface area contributed by atoms with E-state index in [1.807, 2.05) is 18.2 Å². The quantitative estimate of drug-likeness (QED) is 0.738. The molecule has 0 atom stereocenters. The van der Waals surface area contributed by atoms with Crippen LogP contribution in [-0.4, -0.2) is 11.8 Å². The summed E-state index contributed by atoms with van der Waals surface area (Å²) in [6.45, 7) is 0. The Labute approximate surface area is 102 Å². The molecule has 18 heavy (non-hydrogen) atoms. The van der Waals surface area contributed by atoms with Gasteiger partial charge in [-0.05, 0) is 18.2 Å². The Morgan fingerprint density at radius 2 is 1.56 bits per heavy atom. The first-order chi connectivity index (χ1) is 8.74. The van der Waals surface area contributed by atoms with Crippen LogP contribution in [0, 0.1) is 0 Å². The number of carbonyl (C=O) groups is 2. The number of fused-ring (bicyclic) bond motifs is 1. The highest BCUT2D eigenvalue weighted by atomic mass is 16.2. The third-order valence-corrected chi connectivity index (χ3v) is 2.71. The number of ketones is 1. The van der Waals surface area contributed by atoms with Gasteiger partial charge in [-0.1, -0.05) is 30.3 Å². The van der Waals surface area contributed by atoms with Gasteiger partial charge >= 0.3 is 6.03 Å². The van der Waals surface area contributed by atoms with Gasteiger partial charge in [-0.2, -0.15) is 9.98 Å². The largest absolute Gasteiger partial charge is 0.368 e. The van der Waals surface area contributed by atoms with E-state index in [4.69, 9.17) is 0 Å². The lowest BCUT2D eigenvalue weighted by Crippen LogP contribution is -2.22. The monoisotopic (exact) mass is 236 g/mol. The second kappa shape index (κ2) is 4.00. The van der Waals surface area contributed by atoms with E-state index in [0.717, 1.165) is 0 Å². The summed E-state index contributed by atoms with van der Waals surface area (Å²) in [5.41, 5.74) is 1.12. The SMILES string of the molecule is O=C1N=c2ccc(C(=O)c3ccccc3)cc2=N1. The molecule has 2 aromatic rings. The molecule has 0 saturated heterocycles. The lowest BCUT2D eigenvalue weighted by Gasteiger charge is -1.99. The molecule has 0 saturated carbocycles. The summed E-state index contributed by atoms with van der Waals surface area (Å²) in [5.74, 6) is -0.0899. The van der Waals surface area contributed by atoms with E-state index in [2.05, 4.69) is 9.98 Å². The molecule has 0 aromatic heterocycles. The van der Waals surface area contributed by atoms with Crippen LogP contribution in [0.15, 0.2) is 58.5 Å². The van der Waals surface area contributed by atoms with Crippen molar-refractivity contribution < 1.29 is 9.59 Å². The van der Waals surface area contributed by atoms with Crippen LogP contribution < -0.4 is 10.7 Å². The molecule has 4 heteroatoms. The summed E-state index contributed by atoms with van der Waals surface area (Å²) >= 11 is 0. The number of urea groups is 1. The van der Waals surface area contributed by atoms with Crippen molar-refractivity contribution in [3.63, 3.8) is 0 Å². The van der Waals surface area contributed by atoms with Gasteiger partial charge in [0.1, 0.15) is 0 Å². The van der Waals surface area contributed by atoms with Gasteiger partial charge in [-0.15, -0.1) is 0 Å². The van der Waals surface area contributed by atoms with Gasteiger partial charge in [0.2, 0.25) is 0 Å². The molecule has 1 aliphatic rings. The molecular weight excluding hydrogens is 228 g/mol. The molecule has 0 aliphatic carbocycles. The zero-order valence-corrected chi connectivity index (χ0v) is 9.33. The van der Waals surface area contributed by atoms with Crippen LogP contribution in [0.2, 0.25) is 0 Å². The highest BCUT2D eigenvalue weighted by molar-refractivity contribution is 6.08. The molecule has 1 aliphatic heterocycles. The number of hydrogen-bond acceptors (Lipinski definition) is 2. The second-order valence-electron chi connectivity index (χ2n) is 3.90. The van der Waals surface area contributed by atoms with Crippen molar-refractivity contribution in [1.82, 2.24) is 0 Å². The molecule has 3 rings (SSSR count). The molecule has 1 heterocycles. The summed E-state index contributed by atoms with van der Waals surface area (Å²) in [6.07, 6.45) is 0. The van der Waals surface area contributed by atoms with Crippen molar-refractivity contribution in [1.29, 1.82) is 0 Å². The van der Waals surface area contributed by atoms with E-state index < -0.39 is 6.03 Å². The normalized spacial score (nSPS) is 12.6. The predicted molar refractivity (Wildman–Crippen MR) is 64.0 cm³/mol. The van der Waals surface area contributed by atoms with Crippen molar-refractivity contribution in [3.05, 3.63) is 70.4 Å². The summed E-state index contributed by atoms with van der Waals surface area (Å²) in [6, 6.07) is 13.4. The Morgan fingerprint density at radius 1 is 0.833 bits per heavy atom. The molecule has 0 bridgehead atoms. The molecular formula is C14H8N2O2. The second-order valence-corrected chi connectivity index (χ2v) is 3.90. The zero-order chi connectivity index (χ0) is 12.5. The van der Waals surface area contributed by atoms with E-state index in [9.17, 15) is 9.59 Å². The Bertz CT molecular complexity index is 764.